The predicted octanol–water partition coefficient (Wildman–Crippen LogP) is 0.802. The summed E-state index contributed by atoms with van der Waals surface area (Å²) in [4.78, 5) is 0. The van der Waals surface area contributed by atoms with E-state index >= 15 is 0 Å². The molecule has 0 aromatic carbocycles. The van der Waals surface area contributed by atoms with Crippen LogP contribution in [0.4, 0.5) is 5.95 Å². The maximum absolute atomic E-state index is 3.80. The molecule has 5 nitrogen and oxygen atoms in total. The first-order valence-electron chi connectivity index (χ1n) is 4.42. The van der Waals surface area contributed by atoms with Crippen LogP contribution in [-0.2, 0) is 0 Å². The van der Waals surface area contributed by atoms with Crippen molar-refractivity contribution >= 4 is 5.95 Å². The molecule has 0 atom stereocenters. The minimum absolute atomic E-state index is 0.606. The summed E-state index contributed by atoms with van der Waals surface area (Å²) < 4.78 is 0. The van der Waals surface area contributed by atoms with Gasteiger partial charge in [0.05, 0.1) is 0 Å². The third kappa shape index (κ3) is 1.72. The average molecular weight is 167 g/mol. The number of hydrogen-bond donors (Lipinski definition) is 2. The Balaban J connectivity index is 1.62. The van der Waals surface area contributed by atoms with Crippen LogP contribution in [0.1, 0.15) is 25.7 Å². The summed E-state index contributed by atoms with van der Waals surface area (Å²) in [5.41, 5.74) is 0. The van der Waals surface area contributed by atoms with Crippen molar-refractivity contribution in [2.45, 2.75) is 25.7 Å². The molecule has 0 radical (unpaired) electrons. The molecular weight excluding hydrogens is 154 g/mol. The number of rotatable bonds is 4. The lowest BCUT2D eigenvalue weighted by Gasteiger charge is -2.24. The largest absolute Gasteiger partial charge is 0.352 e. The molecule has 0 unspecified atom stereocenters. The van der Waals surface area contributed by atoms with E-state index in [-0.39, 0.29) is 0 Å². The second-order valence-corrected chi connectivity index (χ2v) is 3.25. The van der Waals surface area contributed by atoms with Crippen LogP contribution >= 0.6 is 0 Å². The van der Waals surface area contributed by atoms with E-state index in [4.69, 9.17) is 0 Å². The molecule has 12 heavy (non-hydrogen) atoms. The summed E-state index contributed by atoms with van der Waals surface area (Å²) in [7, 11) is 0. The van der Waals surface area contributed by atoms with Gasteiger partial charge in [-0.1, -0.05) is 24.4 Å². The molecule has 1 aromatic heterocycles. The van der Waals surface area contributed by atoms with E-state index < -0.39 is 0 Å². The maximum Gasteiger partial charge on any atom is 0.263 e. The van der Waals surface area contributed by atoms with Crippen molar-refractivity contribution < 1.29 is 0 Å². The third-order valence-electron chi connectivity index (χ3n) is 2.41. The minimum Gasteiger partial charge on any atom is -0.352 e. The molecule has 1 saturated carbocycles. The first-order chi connectivity index (χ1) is 5.95. The van der Waals surface area contributed by atoms with Gasteiger partial charge in [-0.05, 0) is 17.6 Å². The van der Waals surface area contributed by atoms with Crippen molar-refractivity contribution in [1.82, 2.24) is 20.6 Å². The summed E-state index contributed by atoms with van der Waals surface area (Å²) in [5.74, 6) is 1.54. The Morgan fingerprint density at radius 2 is 2.42 bits per heavy atom. The Hall–Kier alpha value is -1.13. The number of tetrazole rings is 1. The molecule has 0 bridgehead atoms. The number of hydrogen-bond acceptors (Lipinski definition) is 4. The van der Waals surface area contributed by atoms with E-state index in [9.17, 15) is 0 Å². The Morgan fingerprint density at radius 1 is 1.50 bits per heavy atom. The topological polar surface area (TPSA) is 66.5 Å². The van der Waals surface area contributed by atoms with Crippen LogP contribution in [0.25, 0.3) is 0 Å². The molecule has 0 aliphatic heterocycles. The van der Waals surface area contributed by atoms with Gasteiger partial charge in [-0.15, -0.1) is 5.10 Å². The van der Waals surface area contributed by atoms with Gasteiger partial charge in [-0.25, -0.2) is 0 Å². The van der Waals surface area contributed by atoms with Gasteiger partial charge < -0.3 is 5.32 Å². The van der Waals surface area contributed by atoms with Crippen molar-refractivity contribution in [3.05, 3.63) is 0 Å². The number of nitrogens with one attached hydrogen (secondary N) is 2. The van der Waals surface area contributed by atoms with Crippen LogP contribution in [0, 0.1) is 5.92 Å². The zero-order valence-electron chi connectivity index (χ0n) is 6.95. The number of H-pyrrole nitrogens is 1. The highest BCUT2D eigenvalue weighted by atomic mass is 15.5. The Labute approximate surface area is 70.9 Å². The summed E-state index contributed by atoms with van der Waals surface area (Å²) in [6, 6.07) is 0. The number of aromatic amines is 1. The van der Waals surface area contributed by atoms with Gasteiger partial charge in [-0.3, -0.25) is 0 Å². The van der Waals surface area contributed by atoms with Gasteiger partial charge in [0.2, 0.25) is 0 Å². The maximum atomic E-state index is 3.80. The molecule has 0 spiro atoms. The Morgan fingerprint density at radius 3 is 3.00 bits per heavy atom. The molecule has 0 amide bonds. The summed E-state index contributed by atoms with van der Waals surface area (Å²) in [6.45, 7) is 0.962. The molecular formula is C7H13N5. The SMILES string of the molecule is C1CC(CCNc2nn[nH]n2)C1. The zero-order chi connectivity index (χ0) is 8.23. The monoisotopic (exact) mass is 167 g/mol. The Kier molecular flexibility index (Phi) is 2.20. The molecule has 1 aliphatic carbocycles. The molecule has 0 saturated heterocycles. The summed E-state index contributed by atoms with van der Waals surface area (Å²) in [5, 5.41) is 16.6. The number of aromatic nitrogens is 4. The van der Waals surface area contributed by atoms with E-state index in [2.05, 4.69) is 25.9 Å². The van der Waals surface area contributed by atoms with Gasteiger partial charge in [0.15, 0.2) is 0 Å². The van der Waals surface area contributed by atoms with Gasteiger partial charge in [0, 0.05) is 6.54 Å². The van der Waals surface area contributed by atoms with Gasteiger partial charge >= 0.3 is 0 Å². The smallest absolute Gasteiger partial charge is 0.263 e. The van der Waals surface area contributed by atoms with E-state index in [1.54, 1.807) is 0 Å². The highest BCUT2D eigenvalue weighted by Crippen LogP contribution is 2.28. The van der Waals surface area contributed by atoms with Crippen LogP contribution in [-0.4, -0.2) is 27.2 Å². The molecule has 5 heteroatoms. The fraction of sp³-hybridized carbons (Fsp3) is 0.857. The molecule has 2 N–H and O–H groups in total. The lowest BCUT2D eigenvalue weighted by Crippen LogP contribution is -2.15. The minimum atomic E-state index is 0.606. The average Bonchev–Trinajstić information content (AvgIpc) is 2.46. The highest BCUT2D eigenvalue weighted by Gasteiger charge is 2.16. The van der Waals surface area contributed by atoms with Crippen molar-refractivity contribution in [1.29, 1.82) is 0 Å². The molecule has 66 valence electrons. The first-order valence-corrected chi connectivity index (χ1v) is 4.42. The van der Waals surface area contributed by atoms with E-state index in [1.165, 1.54) is 25.7 Å². The fourth-order valence-corrected chi connectivity index (χ4v) is 1.41. The van der Waals surface area contributed by atoms with E-state index in [1.807, 2.05) is 0 Å². The fourth-order valence-electron chi connectivity index (χ4n) is 1.41. The molecule has 2 rings (SSSR count). The van der Waals surface area contributed by atoms with Gasteiger partial charge in [-0.2, -0.15) is 5.21 Å². The van der Waals surface area contributed by atoms with Crippen molar-refractivity contribution in [2.24, 2.45) is 5.92 Å². The van der Waals surface area contributed by atoms with Crippen molar-refractivity contribution in [2.75, 3.05) is 11.9 Å². The van der Waals surface area contributed by atoms with Crippen LogP contribution < -0.4 is 5.32 Å². The van der Waals surface area contributed by atoms with Gasteiger partial charge in [0.1, 0.15) is 0 Å². The van der Waals surface area contributed by atoms with Crippen LogP contribution in [0.2, 0.25) is 0 Å². The number of anilines is 1. The first kappa shape index (κ1) is 7.52. The lowest BCUT2D eigenvalue weighted by molar-refractivity contribution is 0.303. The van der Waals surface area contributed by atoms with Crippen LogP contribution in [0.15, 0.2) is 0 Å². The second-order valence-electron chi connectivity index (χ2n) is 3.25. The van der Waals surface area contributed by atoms with Crippen molar-refractivity contribution in [3.63, 3.8) is 0 Å². The molecule has 1 aliphatic rings. The predicted molar refractivity (Wildman–Crippen MR) is 44.6 cm³/mol. The molecule has 1 aromatic rings. The summed E-state index contributed by atoms with van der Waals surface area (Å²) >= 11 is 0. The van der Waals surface area contributed by atoms with Crippen molar-refractivity contribution in [3.8, 4) is 0 Å². The van der Waals surface area contributed by atoms with Crippen LogP contribution in [0.5, 0.6) is 0 Å². The standard InChI is InChI=1S/C7H13N5/c1-2-6(3-1)4-5-8-7-9-11-12-10-7/h6H,1-5H2,(H2,8,9,10,11,12). The van der Waals surface area contributed by atoms with E-state index in [0.717, 1.165) is 12.5 Å². The lowest BCUT2D eigenvalue weighted by atomic mass is 9.83. The molecule has 1 heterocycles. The van der Waals surface area contributed by atoms with Gasteiger partial charge in [0.25, 0.3) is 5.95 Å². The quantitative estimate of drug-likeness (QED) is 0.696. The zero-order valence-corrected chi connectivity index (χ0v) is 6.95. The normalized spacial score (nSPS) is 17.3. The van der Waals surface area contributed by atoms with Crippen LogP contribution in [0.3, 0.4) is 0 Å². The highest BCUT2D eigenvalue weighted by molar-refractivity contribution is 5.17. The number of nitrogens with zero attached hydrogens (tertiary/aromatic N) is 3. The second kappa shape index (κ2) is 3.51. The summed E-state index contributed by atoms with van der Waals surface area (Å²) in [6.07, 6.45) is 5.43. The Bertz CT molecular complexity index is 216. The third-order valence-corrected chi connectivity index (χ3v) is 2.41. The van der Waals surface area contributed by atoms with E-state index in [0.29, 0.717) is 5.95 Å². The molecule has 1 fully saturated rings.